The molecule has 1 unspecified atom stereocenters. The highest BCUT2D eigenvalue weighted by molar-refractivity contribution is 5.92. The molecular weight excluding hydrogens is 344 g/mol. The molecule has 0 radical (unpaired) electrons. The molecule has 7 heteroatoms. The topological polar surface area (TPSA) is 81.2 Å². The largest absolute Gasteiger partial charge is 0.440 e. The van der Waals surface area contributed by atoms with Crippen LogP contribution in [-0.4, -0.2) is 38.7 Å². The molecule has 3 aromatic rings. The van der Waals surface area contributed by atoms with Crippen molar-refractivity contribution < 1.29 is 9.21 Å². The van der Waals surface area contributed by atoms with Crippen LogP contribution in [0.1, 0.15) is 48.5 Å². The molecule has 7 nitrogen and oxygen atoms in total. The third-order valence-corrected chi connectivity index (χ3v) is 4.89. The Bertz CT molecular complexity index is 990. The first-order valence-electron chi connectivity index (χ1n) is 9.38. The number of carbonyl (C=O) groups excluding carboxylic acids is 1. The van der Waals surface area contributed by atoms with Gasteiger partial charge in [-0.2, -0.15) is 5.10 Å². The van der Waals surface area contributed by atoms with Crippen LogP contribution in [0.5, 0.6) is 0 Å². The zero-order valence-corrected chi connectivity index (χ0v) is 15.3. The number of aryl methyl sites for hydroxylation is 1. The third-order valence-electron chi connectivity index (χ3n) is 4.89. The minimum atomic E-state index is -0.184. The van der Waals surface area contributed by atoms with Crippen LogP contribution in [-0.2, 0) is 6.54 Å². The van der Waals surface area contributed by atoms with E-state index in [1.54, 1.807) is 4.90 Å². The van der Waals surface area contributed by atoms with E-state index < -0.39 is 0 Å². The first-order valence-corrected chi connectivity index (χ1v) is 9.38. The number of likely N-dealkylation sites (tertiary alicyclic amines) is 1. The number of para-hydroxylation sites is 2. The molecular formula is C20H22N4O3. The molecule has 4 rings (SSSR count). The van der Waals surface area contributed by atoms with Gasteiger partial charge in [0.1, 0.15) is 11.2 Å². The predicted octanol–water partition coefficient (Wildman–Crippen LogP) is 2.81. The van der Waals surface area contributed by atoms with Crippen LogP contribution in [0.3, 0.4) is 0 Å². The fraction of sp³-hybridized carbons (Fsp3) is 0.400. The summed E-state index contributed by atoms with van der Waals surface area (Å²) in [7, 11) is 0. The Labute approximate surface area is 156 Å². The summed E-state index contributed by atoms with van der Waals surface area (Å²) in [6, 6.07) is 10.6. The smallest absolute Gasteiger partial charge is 0.274 e. The van der Waals surface area contributed by atoms with Gasteiger partial charge in [-0.15, -0.1) is 0 Å². The summed E-state index contributed by atoms with van der Waals surface area (Å²) in [6.07, 6.45) is 2.59. The Morgan fingerprint density at radius 3 is 2.93 bits per heavy atom. The van der Waals surface area contributed by atoms with Gasteiger partial charge in [-0.3, -0.25) is 9.59 Å². The van der Waals surface area contributed by atoms with E-state index in [1.165, 1.54) is 16.8 Å². The normalized spacial score (nSPS) is 17.4. The predicted molar refractivity (Wildman–Crippen MR) is 101 cm³/mol. The summed E-state index contributed by atoms with van der Waals surface area (Å²) in [5.74, 6) is 0.593. The summed E-state index contributed by atoms with van der Waals surface area (Å²) >= 11 is 0. The molecule has 0 saturated carbocycles. The van der Waals surface area contributed by atoms with E-state index >= 15 is 0 Å². The number of amides is 1. The number of carbonyl (C=O) groups is 1. The van der Waals surface area contributed by atoms with E-state index in [1.807, 2.05) is 31.2 Å². The fourth-order valence-electron chi connectivity index (χ4n) is 3.52. The molecule has 1 aliphatic rings. The van der Waals surface area contributed by atoms with Gasteiger partial charge in [-0.05, 0) is 37.5 Å². The van der Waals surface area contributed by atoms with Crippen molar-refractivity contribution in [1.29, 1.82) is 0 Å². The van der Waals surface area contributed by atoms with Crippen LogP contribution in [0.15, 0.2) is 45.6 Å². The van der Waals surface area contributed by atoms with Crippen molar-refractivity contribution in [2.75, 3.05) is 13.1 Å². The molecule has 1 aliphatic heterocycles. The van der Waals surface area contributed by atoms with Gasteiger partial charge in [-0.1, -0.05) is 19.1 Å². The molecule has 1 saturated heterocycles. The maximum absolute atomic E-state index is 12.9. The van der Waals surface area contributed by atoms with E-state index in [2.05, 4.69) is 10.1 Å². The van der Waals surface area contributed by atoms with Gasteiger partial charge in [0.15, 0.2) is 11.5 Å². The highest BCUT2D eigenvalue weighted by Crippen LogP contribution is 2.29. The fourth-order valence-corrected chi connectivity index (χ4v) is 3.52. The molecule has 0 N–H and O–H groups in total. The third kappa shape index (κ3) is 3.49. The summed E-state index contributed by atoms with van der Waals surface area (Å²) < 4.78 is 7.25. The number of fused-ring (bicyclic) bond motifs is 1. The number of hydrogen-bond donors (Lipinski definition) is 0. The number of piperidine rings is 1. The molecule has 0 aliphatic carbocycles. The van der Waals surface area contributed by atoms with Crippen LogP contribution in [0, 0.1) is 0 Å². The van der Waals surface area contributed by atoms with Gasteiger partial charge in [0, 0.05) is 25.7 Å². The maximum atomic E-state index is 12.9. The van der Waals surface area contributed by atoms with E-state index in [4.69, 9.17) is 4.42 Å². The lowest BCUT2D eigenvalue weighted by atomic mass is 9.97. The van der Waals surface area contributed by atoms with E-state index in [9.17, 15) is 9.59 Å². The number of oxazole rings is 1. The Kier molecular flexibility index (Phi) is 4.75. The lowest BCUT2D eigenvalue weighted by Gasteiger charge is -2.31. The summed E-state index contributed by atoms with van der Waals surface area (Å²) in [5, 5.41) is 4.24. The molecule has 1 atom stereocenters. The molecule has 3 heterocycles. The monoisotopic (exact) mass is 366 g/mol. The lowest BCUT2D eigenvalue weighted by molar-refractivity contribution is 0.0690. The van der Waals surface area contributed by atoms with Crippen molar-refractivity contribution in [1.82, 2.24) is 19.7 Å². The minimum Gasteiger partial charge on any atom is -0.440 e. The summed E-state index contributed by atoms with van der Waals surface area (Å²) in [6.45, 7) is 3.69. The van der Waals surface area contributed by atoms with Gasteiger partial charge in [-0.25, -0.2) is 9.67 Å². The van der Waals surface area contributed by atoms with E-state index in [0.717, 1.165) is 30.4 Å². The Balaban J connectivity index is 1.54. The zero-order chi connectivity index (χ0) is 18.8. The number of rotatable bonds is 4. The number of hydrogen-bond acceptors (Lipinski definition) is 5. The van der Waals surface area contributed by atoms with Crippen LogP contribution in [0.2, 0.25) is 0 Å². The molecule has 1 amide bonds. The SMILES string of the molecule is CCCn1nc(C(=O)N2CCCC(c3nc4ccccc4o3)C2)ccc1=O. The second-order valence-electron chi connectivity index (χ2n) is 6.89. The maximum Gasteiger partial charge on any atom is 0.274 e. The quantitative estimate of drug-likeness (QED) is 0.709. The summed E-state index contributed by atoms with van der Waals surface area (Å²) in [4.78, 5) is 31.1. The van der Waals surface area contributed by atoms with Crippen molar-refractivity contribution in [2.24, 2.45) is 0 Å². The molecule has 27 heavy (non-hydrogen) atoms. The molecule has 140 valence electrons. The van der Waals surface area contributed by atoms with E-state index in [0.29, 0.717) is 31.2 Å². The first kappa shape index (κ1) is 17.5. The zero-order valence-electron chi connectivity index (χ0n) is 15.3. The highest BCUT2D eigenvalue weighted by atomic mass is 16.3. The molecule has 1 fully saturated rings. The average molecular weight is 366 g/mol. The lowest BCUT2D eigenvalue weighted by Crippen LogP contribution is -2.40. The Morgan fingerprint density at radius 2 is 2.11 bits per heavy atom. The summed E-state index contributed by atoms with van der Waals surface area (Å²) in [5.41, 5.74) is 1.73. The Morgan fingerprint density at radius 1 is 1.26 bits per heavy atom. The first-order chi connectivity index (χ1) is 13.2. The molecule has 2 aromatic heterocycles. The standard InChI is InChI=1S/C20H22N4O3/c1-2-11-24-18(25)10-9-16(22-24)20(26)23-12-5-6-14(13-23)19-21-15-7-3-4-8-17(15)27-19/h3-4,7-10,14H,2,5-6,11-13H2,1H3. The van der Waals surface area contributed by atoms with Crippen LogP contribution >= 0.6 is 0 Å². The van der Waals surface area contributed by atoms with Crippen molar-refractivity contribution >= 4 is 17.0 Å². The van der Waals surface area contributed by atoms with Crippen LogP contribution in [0.4, 0.5) is 0 Å². The van der Waals surface area contributed by atoms with Crippen molar-refractivity contribution in [2.45, 2.75) is 38.6 Å². The number of nitrogens with zero attached hydrogens (tertiary/aromatic N) is 4. The van der Waals surface area contributed by atoms with Crippen molar-refractivity contribution in [3.8, 4) is 0 Å². The number of benzene rings is 1. The van der Waals surface area contributed by atoms with Gasteiger partial charge in [0.25, 0.3) is 11.5 Å². The van der Waals surface area contributed by atoms with Gasteiger partial charge < -0.3 is 9.32 Å². The van der Waals surface area contributed by atoms with Crippen molar-refractivity contribution in [3.05, 3.63) is 58.3 Å². The van der Waals surface area contributed by atoms with Crippen LogP contribution < -0.4 is 5.56 Å². The highest BCUT2D eigenvalue weighted by Gasteiger charge is 2.29. The average Bonchev–Trinajstić information content (AvgIpc) is 3.14. The second-order valence-corrected chi connectivity index (χ2v) is 6.89. The molecule has 0 bridgehead atoms. The molecule has 1 aromatic carbocycles. The van der Waals surface area contributed by atoms with Crippen LogP contribution in [0.25, 0.3) is 11.1 Å². The van der Waals surface area contributed by atoms with Crippen molar-refractivity contribution in [3.63, 3.8) is 0 Å². The van der Waals surface area contributed by atoms with E-state index in [-0.39, 0.29) is 17.4 Å². The number of aromatic nitrogens is 3. The second kappa shape index (κ2) is 7.34. The minimum absolute atomic E-state index is 0.0663. The van der Waals surface area contributed by atoms with Gasteiger partial charge >= 0.3 is 0 Å². The Hall–Kier alpha value is -2.96. The van der Waals surface area contributed by atoms with Gasteiger partial charge in [0.2, 0.25) is 0 Å². The van der Waals surface area contributed by atoms with Gasteiger partial charge in [0.05, 0.1) is 5.92 Å². The molecule has 0 spiro atoms.